The molecule has 1 rings (SSSR count). The summed E-state index contributed by atoms with van der Waals surface area (Å²) < 4.78 is 5.36. The third kappa shape index (κ3) is 3.80. The monoisotopic (exact) mass is 240 g/mol. The number of rotatable bonds is 6. The SMILES string of the molecule is CCOc1cc(N)cc(NC(C)(CO)CO)c1. The lowest BCUT2D eigenvalue weighted by molar-refractivity contribution is 0.147. The normalized spacial score (nSPS) is 11.3. The number of ether oxygens (including phenoxy) is 1. The highest BCUT2D eigenvalue weighted by Crippen LogP contribution is 2.24. The van der Waals surface area contributed by atoms with Crippen LogP contribution in [0.5, 0.6) is 5.75 Å². The lowest BCUT2D eigenvalue weighted by atomic mass is 10.0. The second-order valence-electron chi connectivity index (χ2n) is 4.23. The van der Waals surface area contributed by atoms with Gasteiger partial charge in [-0.25, -0.2) is 0 Å². The number of aliphatic hydroxyl groups excluding tert-OH is 2. The minimum absolute atomic E-state index is 0.178. The summed E-state index contributed by atoms with van der Waals surface area (Å²) in [5, 5.41) is 21.4. The molecular formula is C12H20N2O3. The van der Waals surface area contributed by atoms with Crippen molar-refractivity contribution in [2.75, 3.05) is 30.9 Å². The lowest BCUT2D eigenvalue weighted by Crippen LogP contribution is -2.42. The molecule has 0 radical (unpaired) electrons. The third-order valence-electron chi connectivity index (χ3n) is 2.38. The van der Waals surface area contributed by atoms with Gasteiger partial charge in [0.1, 0.15) is 5.75 Å². The maximum Gasteiger partial charge on any atom is 0.123 e. The smallest absolute Gasteiger partial charge is 0.123 e. The van der Waals surface area contributed by atoms with Crippen molar-refractivity contribution in [2.24, 2.45) is 0 Å². The average Bonchev–Trinajstić information content (AvgIpc) is 2.28. The average molecular weight is 240 g/mol. The summed E-state index contributed by atoms with van der Waals surface area (Å²) in [6.07, 6.45) is 0. The van der Waals surface area contributed by atoms with E-state index in [0.29, 0.717) is 23.7 Å². The number of benzene rings is 1. The molecule has 0 aliphatic carbocycles. The first kappa shape index (κ1) is 13.6. The summed E-state index contributed by atoms with van der Waals surface area (Å²) in [7, 11) is 0. The van der Waals surface area contributed by atoms with Gasteiger partial charge in [0, 0.05) is 23.5 Å². The Hall–Kier alpha value is -1.46. The van der Waals surface area contributed by atoms with Crippen LogP contribution in [0.15, 0.2) is 18.2 Å². The largest absolute Gasteiger partial charge is 0.494 e. The molecule has 0 saturated carbocycles. The van der Waals surface area contributed by atoms with Crippen molar-refractivity contribution in [3.63, 3.8) is 0 Å². The van der Waals surface area contributed by atoms with Crippen molar-refractivity contribution in [3.05, 3.63) is 18.2 Å². The highest BCUT2D eigenvalue weighted by Gasteiger charge is 2.22. The Bertz CT molecular complexity index is 365. The van der Waals surface area contributed by atoms with Crippen LogP contribution in [0.3, 0.4) is 0 Å². The summed E-state index contributed by atoms with van der Waals surface area (Å²) >= 11 is 0. The summed E-state index contributed by atoms with van der Waals surface area (Å²) in [4.78, 5) is 0. The van der Waals surface area contributed by atoms with E-state index in [2.05, 4.69) is 5.32 Å². The molecule has 0 aromatic heterocycles. The molecule has 0 unspecified atom stereocenters. The number of aliphatic hydroxyl groups is 2. The van der Waals surface area contributed by atoms with Crippen molar-refractivity contribution in [1.29, 1.82) is 0 Å². The molecule has 0 amide bonds. The Morgan fingerprint density at radius 3 is 2.47 bits per heavy atom. The van der Waals surface area contributed by atoms with Gasteiger partial charge in [-0.1, -0.05) is 0 Å². The van der Waals surface area contributed by atoms with E-state index in [0.717, 1.165) is 0 Å². The number of hydrogen-bond acceptors (Lipinski definition) is 5. The maximum atomic E-state index is 9.20. The number of nitrogen functional groups attached to an aromatic ring is 1. The van der Waals surface area contributed by atoms with Gasteiger partial charge in [0.05, 0.1) is 25.4 Å². The summed E-state index contributed by atoms with van der Waals surface area (Å²) in [6.45, 7) is 3.81. The van der Waals surface area contributed by atoms with E-state index in [1.54, 1.807) is 25.1 Å². The Morgan fingerprint density at radius 1 is 1.29 bits per heavy atom. The van der Waals surface area contributed by atoms with Crippen LogP contribution in [-0.4, -0.2) is 35.6 Å². The number of nitrogens with two attached hydrogens (primary N) is 1. The molecule has 0 fully saturated rings. The predicted molar refractivity (Wildman–Crippen MR) is 68.2 cm³/mol. The molecule has 17 heavy (non-hydrogen) atoms. The van der Waals surface area contributed by atoms with E-state index < -0.39 is 5.54 Å². The van der Waals surface area contributed by atoms with Crippen LogP contribution >= 0.6 is 0 Å². The Balaban J connectivity index is 2.90. The van der Waals surface area contributed by atoms with Crippen LogP contribution in [0, 0.1) is 0 Å². The predicted octanol–water partition coefficient (Wildman–Crippen LogP) is 0.823. The molecule has 0 heterocycles. The highest BCUT2D eigenvalue weighted by atomic mass is 16.5. The van der Waals surface area contributed by atoms with Crippen LogP contribution < -0.4 is 15.8 Å². The fraction of sp³-hybridized carbons (Fsp3) is 0.500. The molecule has 0 atom stereocenters. The molecule has 1 aromatic rings. The first-order valence-electron chi connectivity index (χ1n) is 5.56. The molecule has 0 bridgehead atoms. The van der Waals surface area contributed by atoms with E-state index in [4.69, 9.17) is 10.5 Å². The van der Waals surface area contributed by atoms with Crippen molar-refractivity contribution in [2.45, 2.75) is 19.4 Å². The van der Waals surface area contributed by atoms with Crippen LogP contribution in [0.25, 0.3) is 0 Å². The van der Waals surface area contributed by atoms with Gasteiger partial charge in [0.15, 0.2) is 0 Å². The van der Waals surface area contributed by atoms with E-state index in [1.165, 1.54) is 0 Å². The fourth-order valence-electron chi connectivity index (χ4n) is 1.42. The Labute approximate surface area is 101 Å². The van der Waals surface area contributed by atoms with Gasteiger partial charge in [0.25, 0.3) is 0 Å². The van der Waals surface area contributed by atoms with Gasteiger partial charge < -0.3 is 26.0 Å². The van der Waals surface area contributed by atoms with E-state index in [-0.39, 0.29) is 13.2 Å². The summed E-state index contributed by atoms with van der Waals surface area (Å²) in [6, 6.07) is 5.24. The van der Waals surface area contributed by atoms with Crippen LogP contribution in [0.4, 0.5) is 11.4 Å². The molecule has 96 valence electrons. The van der Waals surface area contributed by atoms with Crippen LogP contribution in [-0.2, 0) is 0 Å². The molecule has 5 N–H and O–H groups in total. The number of nitrogens with one attached hydrogen (secondary N) is 1. The van der Waals surface area contributed by atoms with E-state index >= 15 is 0 Å². The molecule has 0 saturated heterocycles. The van der Waals surface area contributed by atoms with Crippen LogP contribution in [0.1, 0.15) is 13.8 Å². The van der Waals surface area contributed by atoms with Crippen LogP contribution in [0.2, 0.25) is 0 Å². The van der Waals surface area contributed by atoms with Gasteiger partial charge in [-0.15, -0.1) is 0 Å². The van der Waals surface area contributed by atoms with E-state index in [9.17, 15) is 10.2 Å². The third-order valence-corrected chi connectivity index (χ3v) is 2.38. The lowest BCUT2D eigenvalue weighted by Gasteiger charge is -2.27. The van der Waals surface area contributed by atoms with Gasteiger partial charge in [-0.3, -0.25) is 0 Å². The zero-order chi connectivity index (χ0) is 12.9. The first-order chi connectivity index (χ1) is 8.03. The Kier molecular flexibility index (Phi) is 4.60. The van der Waals surface area contributed by atoms with Crippen molar-refractivity contribution >= 4 is 11.4 Å². The molecule has 1 aromatic carbocycles. The van der Waals surface area contributed by atoms with E-state index in [1.807, 2.05) is 6.92 Å². The van der Waals surface area contributed by atoms with Gasteiger partial charge in [0.2, 0.25) is 0 Å². The van der Waals surface area contributed by atoms with Crippen molar-refractivity contribution < 1.29 is 14.9 Å². The van der Waals surface area contributed by atoms with Crippen molar-refractivity contribution in [3.8, 4) is 5.75 Å². The minimum atomic E-state index is -0.780. The second kappa shape index (κ2) is 5.75. The van der Waals surface area contributed by atoms with Gasteiger partial charge in [-0.05, 0) is 19.9 Å². The summed E-state index contributed by atoms with van der Waals surface area (Å²) in [5.74, 6) is 0.660. The fourth-order valence-corrected chi connectivity index (χ4v) is 1.42. The second-order valence-corrected chi connectivity index (χ2v) is 4.23. The quantitative estimate of drug-likeness (QED) is 0.553. The minimum Gasteiger partial charge on any atom is -0.494 e. The highest BCUT2D eigenvalue weighted by molar-refractivity contribution is 5.60. The number of hydrogen-bond donors (Lipinski definition) is 4. The zero-order valence-corrected chi connectivity index (χ0v) is 10.2. The molecule has 0 spiro atoms. The molecule has 5 heteroatoms. The molecule has 5 nitrogen and oxygen atoms in total. The molecule has 0 aliphatic heterocycles. The summed E-state index contributed by atoms with van der Waals surface area (Å²) in [5.41, 5.74) is 6.24. The van der Waals surface area contributed by atoms with Gasteiger partial charge in [-0.2, -0.15) is 0 Å². The Morgan fingerprint density at radius 2 is 1.94 bits per heavy atom. The number of anilines is 2. The molecular weight excluding hydrogens is 220 g/mol. The zero-order valence-electron chi connectivity index (χ0n) is 10.2. The van der Waals surface area contributed by atoms with Crippen molar-refractivity contribution in [1.82, 2.24) is 0 Å². The molecule has 0 aliphatic rings. The maximum absolute atomic E-state index is 9.20. The first-order valence-corrected chi connectivity index (χ1v) is 5.56. The topological polar surface area (TPSA) is 87.7 Å². The van der Waals surface area contributed by atoms with Gasteiger partial charge >= 0.3 is 0 Å². The standard InChI is InChI=1S/C12H20N2O3/c1-3-17-11-5-9(13)4-10(6-11)14-12(2,7-15)8-16/h4-6,14-16H,3,7-8,13H2,1-2H3.